The van der Waals surface area contributed by atoms with Crippen molar-refractivity contribution in [2.75, 3.05) is 46.3 Å². The first-order valence-electron chi connectivity index (χ1n) is 5.99. The van der Waals surface area contributed by atoms with Crippen molar-refractivity contribution in [1.29, 1.82) is 0 Å². The van der Waals surface area contributed by atoms with Crippen molar-refractivity contribution < 1.29 is 22.7 Å². The lowest BCUT2D eigenvalue weighted by Gasteiger charge is -2.25. The normalized spacial score (nSPS) is 13.0. The summed E-state index contributed by atoms with van der Waals surface area (Å²) < 4.78 is 33.5. The molecular formula is C12H23NO5S. The molecule has 0 saturated heterocycles. The van der Waals surface area contributed by atoms with Crippen LogP contribution < -0.4 is 0 Å². The van der Waals surface area contributed by atoms with Gasteiger partial charge in [0, 0.05) is 27.3 Å². The summed E-state index contributed by atoms with van der Waals surface area (Å²) in [5.74, 6) is -0.640. The van der Waals surface area contributed by atoms with Crippen LogP contribution in [0.5, 0.6) is 0 Å². The van der Waals surface area contributed by atoms with Gasteiger partial charge in [-0.1, -0.05) is 6.08 Å². The van der Waals surface area contributed by atoms with Crippen LogP contribution in [0.15, 0.2) is 12.7 Å². The Morgan fingerprint density at radius 2 is 1.74 bits per heavy atom. The molecule has 0 fully saturated rings. The van der Waals surface area contributed by atoms with Crippen molar-refractivity contribution in [3.8, 4) is 0 Å². The van der Waals surface area contributed by atoms with Gasteiger partial charge in [-0.15, -0.1) is 6.58 Å². The molecule has 1 atom stereocenters. The van der Waals surface area contributed by atoms with Crippen molar-refractivity contribution >= 4 is 15.7 Å². The van der Waals surface area contributed by atoms with E-state index in [-0.39, 0.29) is 5.75 Å². The number of hydrogen-bond acceptors (Lipinski definition) is 5. The summed E-state index contributed by atoms with van der Waals surface area (Å²) in [4.78, 5) is 13.6. The van der Waals surface area contributed by atoms with E-state index in [9.17, 15) is 13.2 Å². The molecule has 19 heavy (non-hydrogen) atoms. The third-order valence-electron chi connectivity index (χ3n) is 2.68. The highest BCUT2D eigenvalue weighted by Crippen LogP contribution is 2.07. The van der Waals surface area contributed by atoms with Crippen LogP contribution in [0, 0.1) is 0 Å². The summed E-state index contributed by atoms with van der Waals surface area (Å²) in [5, 5.41) is -1.08. The third-order valence-corrected chi connectivity index (χ3v) is 4.66. The zero-order valence-corrected chi connectivity index (χ0v) is 12.6. The van der Waals surface area contributed by atoms with Gasteiger partial charge in [0.05, 0.1) is 19.0 Å². The zero-order chi connectivity index (χ0) is 14.9. The minimum atomic E-state index is -3.50. The van der Waals surface area contributed by atoms with Crippen LogP contribution in [-0.4, -0.2) is 70.8 Å². The van der Waals surface area contributed by atoms with Crippen molar-refractivity contribution in [2.45, 2.75) is 12.2 Å². The molecule has 0 rings (SSSR count). The molecule has 0 spiro atoms. The molecular weight excluding hydrogens is 270 g/mol. The Morgan fingerprint density at radius 1 is 1.26 bits per heavy atom. The highest BCUT2D eigenvalue weighted by atomic mass is 32.2. The first-order valence-corrected chi connectivity index (χ1v) is 7.71. The summed E-state index contributed by atoms with van der Waals surface area (Å²) in [5.41, 5.74) is 0. The van der Waals surface area contributed by atoms with E-state index in [1.165, 1.54) is 32.1 Å². The number of hydrogen-bond donors (Lipinski definition) is 0. The maximum Gasteiger partial charge on any atom is 0.240 e. The second-order valence-electron chi connectivity index (χ2n) is 4.07. The SMILES string of the molecule is C=CCS(=O)(=O)C(C)C(=O)N(CCOC)CCOC. The molecule has 1 unspecified atom stereocenters. The summed E-state index contributed by atoms with van der Waals surface area (Å²) in [7, 11) is -0.446. The molecule has 6 nitrogen and oxygen atoms in total. The van der Waals surface area contributed by atoms with Crippen LogP contribution in [0.4, 0.5) is 0 Å². The van der Waals surface area contributed by atoms with Crippen LogP contribution in [0.3, 0.4) is 0 Å². The summed E-state index contributed by atoms with van der Waals surface area (Å²) in [6.45, 7) is 6.17. The highest BCUT2D eigenvalue weighted by molar-refractivity contribution is 7.92. The van der Waals surface area contributed by atoms with Gasteiger partial charge in [0.2, 0.25) is 5.91 Å². The van der Waals surface area contributed by atoms with E-state index in [0.717, 1.165) is 0 Å². The van der Waals surface area contributed by atoms with E-state index in [2.05, 4.69) is 6.58 Å². The number of carbonyl (C=O) groups excluding carboxylic acids is 1. The number of nitrogens with zero attached hydrogens (tertiary/aromatic N) is 1. The van der Waals surface area contributed by atoms with E-state index in [1.54, 1.807) is 0 Å². The van der Waals surface area contributed by atoms with Crippen molar-refractivity contribution in [3.05, 3.63) is 12.7 Å². The van der Waals surface area contributed by atoms with Crippen LogP contribution in [-0.2, 0) is 24.1 Å². The molecule has 0 saturated carbocycles. The Balaban J connectivity index is 4.80. The molecule has 0 aliphatic carbocycles. The second kappa shape index (κ2) is 9.06. The van der Waals surface area contributed by atoms with Crippen molar-refractivity contribution in [1.82, 2.24) is 4.90 Å². The number of amides is 1. The van der Waals surface area contributed by atoms with E-state index in [0.29, 0.717) is 26.3 Å². The Morgan fingerprint density at radius 3 is 2.11 bits per heavy atom. The Labute approximate surface area is 115 Å². The molecule has 0 aromatic carbocycles. The molecule has 7 heteroatoms. The molecule has 1 amide bonds. The van der Waals surface area contributed by atoms with Gasteiger partial charge in [0.15, 0.2) is 9.84 Å². The summed E-state index contributed by atoms with van der Waals surface area (Å²) in [6, 6.07) is 0. The monoisotopic (exact) mass is 293 g/mol. The number of rotatable bonds is 10. The second-order valence-corrected chi connectivity index (χ2v) is 6.44. The van der Waals surface area contributed by atoms with E-state index >= 15 is 0 Å². The van der Waals surface area contributed by atoms with E-state index < -0.39 is 21.0 Å². The van der Waals surface area contributed by atoms with Crippen LogP contribution in [0.25, 0.3) is 0 Å². The molecule has 0 aromatic rings. The standard InChI is InChI=1S/C12H23NO5S/c1-5-10-19(15,16)11(2)12(14)13(6-8-17-3)7-9-18-4/h5,11H,1,6-10H2,2-4H3. The molecule has 0 aromatic heterocycles. The van der Waals surface area contributed by atoms with E-state index in [1.807, 2.05) is 0 Å². The molecule has 0 radical (unpaired) electrons. The first-order chi connectivity index (χ1) is 8.90. The molecule has 0 aliphatic rings. The van der Waals surface area contributed by atoms with Gasteiger partial charge in [0.1, 0.15) is 5.25 Å². The van der Waals surface area contributed by atoms with Gasteiger partial charge in [0.25, 0.3) is 0 Å². The average molecular weight is 293 g/mol. The maximum absolute atomic E-state index is 12.2. The molecule has 0 bridgehead atoms. The molecule has 0 aliphatic heterocycles. The number of sulfone groups is 1. The Kier molecular flexibility index (Phi) is 8.62. The fourth-order valence-corrected chi connectivity index (χ4v) is 2.53. The van der Waals surface area contributed by atoms with Gasteiger partial charge in [-0.2, -0.15) is 0 Å². The van der Waals surface area contributed by atoms with Gasteiger partial charge in [-0.05, 0) is 6.92 Å². The minimum absolute atomic E-state index is 0.206. The predicted molar refractivity (Wildman–Crippen MR) is 73.8 cm³/mol. The Hall–Kier alpha value is -0.920. The number of methoxy groups -OCH3 is 2. The molecule has 0 heterocycles. The smallest absolute Gasteiger partial charge is 0.240 e. The van der Waals surface area contributed by atoms with Crippen molar-refractivity contribution in [3.63, 3.8) is 0 Å². The van der Waals surface area contributed by atoms with Crippen molar-refractivity contribution in [2.24, 2.45) is 0 Å². The van der Waals surface area contributed by atoms with Crippen LogP contribution in [0.2, 0.25) is 0 Å². The van der Waals surface area contributed by atoms with Gasteiger partial charge in [-0.25, -0.2) is 8.42 Å². The predicted octanol–water partition coefficient (Wildman–Crippen LogP) is 0.0971. The first kappa shape index (κ1) is 18.1. The maximum atomic E-state index is 12.2. The molecule has 112 valence electrons. The fraction of sp³-hybridized carbons (Fsp3) is 0.750. The zero-order valence-electron chi connectivity index (χ0n) is 11.8. The topological polar surface area (TPSA) is 72.9 Å². The summed E-state index contributed by atoms with van der Waals surface area (Å²) >= 11 is 0. The van der Waals surface area contributed by atoms with Crippen LogP contribution in [0.1, 0.15) is 6.92 Å². The fourth-order valence-electron chi connectivity index (χ4n) is 1.45. The number of carbonyl (C=O) groups is 1. The number of ether oxygens (including phenoxy) is 2. The highest BCUT2D eigenvalue weighted by Gasteiger charge is 2.30. The lowest BCUT2D eigenvalue weighted by Crippen LogP contribution is -2.44. The lowest BCUT2D eigenvalue weighted by atomic mass is 10.3. The van der Waals surface area contributed by atoms with Gasteiger partial charge in [-0.3, -0.25) is 4.79 Å². The van der Waals surface area contributed by atoms with Gasteiger partial charge < -0.3 is 14.4 Å². The minimum Gasteiger partial charge on any atom is -0.383 e. The third kappa shape index (κ3) is 6.17. The van der Waals surface area contributed by atoms with Crippen LogP contribution >= 0.6 is 0 Å². The Bertz CT molecular complexity index is 372. The van der Waals surface area contributed by atoms with E-state index in [4.69, 9.17) is 9.47 Å². The quantitative estimate of drug-likeness (QED) is 0.534. The largest absolute Gasteiger partial charge is 0.383 e. The van der Waals surface area contributed by atoms with Gasteiger partial charge >= 0.3 is 0 Å². The average Bonchev–Trinajstić information content (AvgIpc) is 2.37. The summed E-state index contributed by atoms with van der Waals surface area (Å²) in [6.07, 6.45) is 1.29. The lowest BCUT2D eigenvalue weighted by molar-refractivity contribution is -0.131. The molecule has 0 N–H and O–H groups in total.